The van der Waals surface area contributed by atoms with Gasteiger partial charge in [-0.05, 0) is 62.1 Å². The van der Waals surface area contributed by atoms with Crippen molar-refractivity contribution in [2.24, 2.45) is 0 Å². The largest absolute Gasteiger partial charge is 0.504 e. The Morgan fingerprint density at radius 2 is 1.29 bits per heavy atom. The lowest BCUT2D eigenvalue weighted by Crippen LogP contribution is -2.35. The van der Waals surface area contributed by atoms with E-state index < -0.39 is 30.0 Å². The number of benzene rings is 3. The van der Waals surface area contributed by atoms with Crippen LogP contribution in [0.5, 0.6) is 46.0 Å². The molecule has 0 amide bonds. The number of aliphatic hydroxyl groups is 2. The maximum absolute atomic E-state index is 13.5. The van der Waals surface area contributed by atoms with E-state index in [0.717, 1.165) is 38.5 Å². The zero-order valence-corrected chi connectivity index (χ0v) is 32.2. The third kappa shape index (κ3) is 9.95. The number of ketones is 1. The number of para-hydroxylation sites is 1. The van der Waals surface area contributed by atoms with Gasteiger partial charge in [0, 0.05) is 11.1 Å². The van der Waals surface area contributed by atoms with Crippen LogP contribution in [0.15, 0.2) is 42.5 Å². The number of ether oxygens (including phenoxy) is 7. The van der Waals surface area contributed by atoms with Gasteiger partial charge in [0.25, 0.3) is 0 Å². The molecule has 0 aliphatic heterocycles. The van der Waals surface area contributed by atoms with Crippen LogP contribution in [-0.2, 0) is 0 Å². The van der Waals surface area contributed by atoms with Crippen LogP contribution in [0, 0.1) is 0 Å². The van der Waals surface area contributed by atoms with E-state index in [0.29, 0.717) is 41.2 Å². The van der Waals surface area contributed by atoms with Crippen molar-refractivity contribution in [2.45, 2.75) is 103 Å². The van der Waals surface area contributed by atoms with E-state index in [2.05, 4.69) is 20.8 Å². The molecule has 0 bridgehead atoms. The lowest BCUT2D eigenvalue weighted by molar-refractivity contribution is 0.0355. The number of phenolic OH excluding ortho intramolecular Hbond substituents is 1. The van der Waals surface area contributed by atoms with E-state index in [1.54, 1.807) is 30.3 Å². The second-order valence-corrected chi connectivity index (χ2v) is 13.0. The molecule has 0 saturated heterocycles. The van der Waals surface area contributed by atoms with Gasteiger partial charge in [0.05, 0.1) is 54.2 Å². The van der Waals surface area contributed by atoms with E-state index >= 15 is 0 Å². The van der Waals surface area contributed by atoms with Crippen LogP contribution in [-0.4, -0.2) is 81.1 Å². The fourth-order valence-electron chi connectivity index (χ4n) is 6.32. The van der Waals surface area contributed by atoms with Gasteiger partial charge in [-0.2, -0.15) is 0 Å². The van der Waals surface area contributed by atoms with E-state index in [1.807, 2.05) is 0 Å². The molecule has 52 heavy (non-hydrogen) atoms. The highest BCUT2D eigenvalue weighted by Crippen LogP contribution is 2.48. The topological polar surface area (TPSA) is 142 Å². The Hall–Kier alpha value is -4.35. The molecule has 0 fully saturated rings. The Labute approximate surface area is 308 Å². The van der Waals surface area contributed by atoms with Gasteiger partial charge in [0.2, 0.25) is 11.5 Å². The first kappa shape index (κ1) is 42.1. The van der Waals surface area contributed by atoms with Crippen molar-refractivity contribution in [2.75, 3.05) is 42.2 Å². The average Bonchev–Trinajstić information content (AvgIpc) is 3.16. The highest BCUT2D eigenvalue weighted by atomic mass is 16.6. The number of rotatable bonds is 23. The van der Waals surface area contributed by atoms with Crippen molar-refractivity contribution in [3.05, 3.63) is 59.2 Å². The minimum atomic E-state index is -1.60. The van der Waals surface area contributed by atoms with Gasteiger partial charge in [-0.15, -0.1) is 0 Å². The molecule has 0 aliphatic carbocycles. The molecule has 0 heterocycles. The molecule has 3 aromatic carbocycles. The quantitative estimate of drug-likeness (QED) is 0.0649. The number of unbranched alkanes of at least 4 members (excludes halogenated alkanes) is 3. The molecule has 0 spiro atoms. The van der Waals surface area contributed by atoms with Gasteiger partial charge < -0.3 is 48.5 Å². The fraction of sp³-hybridized carbons (Fsp3) is 0.537. The predicted molar refractivity (Wildman–Crippen MR) is 200 cm³/mol. The van der Waals surface area contributed by atoms with Crippen LogP contribution < -0.4 is 33.2 Å². The molecular formula is C41H58O11. The number of phenols is 1. The van der Waals surface area contributed by atoms with E-state index in [4.69, 9.17) is 33.2 Å². The molecule has 0 radical (unpaired) electrons. The first-order valence-electron chi connectivity index (χ1n) is 18.1. The summed E-state index contributed by atoms with van der Waals surface area (Å²) < 4.78 is 41.6. The minimum Gasteiger partial charge on any atom is -0.504 e. The Morgan fingerprint density at radius 1 is 0.750 bits per heavy atom. The summed E-state index contributed by atoms with van der Waals surface area (Å²) >= 11 is 0. The summed E-state index contributed by atoms with van der Waals surface area (Å²) in [5.41, 5.74) is -0.465. The highest BCUT2D eigenvalue weighted by Gasteiger charge is 2.36. The normalized spacial score (nSPS) is 14.1. The van der Waals surface area contributed by atoms with Crippen molar-refractivity contribution in [3.8, 4) is 46.0 Å². The third-order valence-electron chi connectivity index (χ3n) is 9.35. The maximum atomic E-state index is 13.5. The van der Waals surface area contributed by atoms with Gasteiger partial charge in [-0.3, -0.25) is 4.79 Å². The summed E-state index contributed by atoms with van der Waals surface area (Å²) in [5, 5.41) is 33.6. The monoisotopic (exact) mass is 726 g/mol. The summed E-state index contributed by atoms with van der Waals surface area (Å²) in [5.74, 6) is 0.400. The van der Waals surface area contributed by atoms with Gasteiger partial charge in [0.15, 0.2) is 40.3 Å². The standard InChI is InChI=1S/C41H58O11/c1-10-13-15-20-41(4,45)40(44)27-23-33(49-8)39(34(24-27)50-9)52-35(25-42)36(29-18-16-19-30(46-5)37(29)43)26-21-31(47-6)38(32(22-26)48-7)51-28(12-3)17-14-11-2/h16,18-19,21-24,28,35-36,42-43,45H,10-15,17,20,25H2,1-9H3. The zero-order chi connectivity index (χ0) is 38.4. The molecule has 3 aromatic rings. The van der Waals surface area contributed by atoms with E-state index in [9.17, 15) is 20.1 Å². The SMILES string of the molecule is CCCCCC(C)(O)C(=O)c1cc(OC)c(OC(CO)C(c2cc(OC)c(OC(CC)CCCC)c(OC)c2)c2cccc(OC)c2O)c(OC)c1. The fourth-order valence-corrected chi connectivity index (χ4v) is 6.32. The van der Waals surface area contributed by atoms with Crippen molar-refractivity contribution < 1.29 is 53.3 Å². The number of hydrogen-bond acceptors (Lipinski definition) is 11. The second-order valence-electron chi connectivity index (χ2n) is 13.0. The predicted octanol–water partition coefficient (Wildman–Crippen LogP) is 7.87. The summed E-state index contributed by atoms with van der Waals surface area (Å²) in [4.78, 5) is 13.5. The highest BCUT2D eigenvalue weighted by molar-refractivity contribution is 6.03. The number of aromatic hydroxyl groups is 1. The van der Waals surface area contributed by atoms with Gasteiger partial charge in [-0.1, -0.05) is 65.0 Å². The molecule has 11 nitrogen and oxygen atoms in total. The maximum Gasteiger partial charge on any atom is 0.203 e. The Balaban J connectivity index is 2.21. The van der Waals surface area contributed by atoms with Crippen molar-refractivity contribution in [1.29, 1.82) is 0 Å². The number of Topliss-reactive ketones (excluding diaryl/α,β-unsaturated/α-hetero) is 1. The van der Waals surface area contributed by atoms with E-state index in [1.165, 1.54) is 54.6 Å². The molecule has 3 N–H and O–H groups in total. The second kappa shape index (κ2) is 20.0. The molecule has 4 atom stereocenters. The summed E-state index contributed by atoms with van der Waals surface area (Å²) in [6, 6.07) is 11.6. The molecule has 0 saturated carbocycles. The summed E-state index contributed by atoms with van der Waals surface area (Å²) in [7, 11) is 7.38. The minimum absolute atomic E-state index is 0.0600. The van der Waals surface area contributed by atoms with Crippen molar-refractivity contribution in [1.82, 2.24) is 0 Å². The average molecular weight is 727 g/mol. The molecule has 0 aliphatic rings. The number of methoxy groups -OCH3 is 5. The van der Waals surface area contributed by atoms with E-state index in [-0.39, 0.29) is 40.4 Å². The lowest BCUT2D eigenvalue weighted by Gasteiger charge is -2.31. The molecule has 4 unspecified atom stereocenters. The Morgan fingerprint density at radius 3 is 1.79 bits per heavy atom. The number of carbonyl (C=O) groups is 1. The first-order valence-corrected chi connectivity index (χ1v) is 18.1. The van der Waals surface area contributed by atoms with Crippen LogP contribution >= 0.6 is 0 Å². The van der Waals surface area contributed by atoms with Gasteiger partial charge >= 0.3 is 0 Å². The molecule has 0 aromatic heterocycles. The molecule has 288 valence electrons. The lowest BCUT2D eigenvalue weighted by atomic mass is 9.85. The smallest absolute Gasteiger partial charge is 0.203 e. The third-order valence-corrected chi connectivity index (χ3v) is 9.35. The van der Waals surface area contributed by atoms with Crippen molar-refractivity contribution in [3.63, 3.8) is 0 Å². The summed E-state index contributed by atoms with van der Waals surface area (Å²) in [6.45, 7) is 7.24. The van der Waals surface area contributed by atoms with Gasteiger partial charge in [-0.25, -0.2) is 0 Å². The number of aliphatic hydroxyl groups excluding tert-OH is 1. The van der Waals surface area contributed by atoms with Crippen LogP contribution in [0.3, 0.4) is 0 Å². The van der Waals surface area contributed by atoms with Crippen molar-refractivity contribution >= 4 is 5.78 Å². The van der Waals surface area contributed by atoms with Crippen LogP contribution in [0.1, 0.15) is 106 Å². The first-order chi connectivity index (χ1) is 25.0. The number of carbonyl (C=O) groups excluding carboxylic acids is 1. The Kier molecular flexibility index (Phi) is 16.2. The zero-order valence-electron chi connectivity index (χ0n) is 32.2. The van der Waals surface area contributed by atoms with Crippen LogP contribution in [0.25, 0.3) is 0 Å². The molecule has 11 heteroatoms. The van der Waals surface area contributed by atoms with Gasteiger partial charge in [0.1, 0.15) is 11.7 Å². The van der Waals surface area contributed by atoms with Crippen LogP contribution in [0.2, 0.25) is 0 Å². The number of hydrogen-bond donors (Lipinski definition) is 3. The molecular weight excluding hydrogens is 668 g/mol. The Bertz CT molecular complexity index is 1530. The molecule has 3 rings (SSSR count). The van der Waals surface area contributed by atoms with Crippen LogP contribution in [0.4, 0.5) is 0 Å². The summed E-state index contributed by atoms with van der Waals surface area (Å²) in [6.07, 6.45) is 5.41.